The lowest BCUT2D eigenvalue weighted by Crippen LogP contribution is -2.18. The van der Waals surface area contributed by atoms with Gasteiger partial charge in [0.25, 0.3) is 0 Å². The molecule has 0 aliphatic heterocycles. The molecule has 0 fully saturated rings. The molecule has 0 amide bonds. The summed E-state index contributed by atoms with van der Waals surface area (Å²) >= 11 is 17.0. The molecule has 0 saturated carbocycles. The van der Waals surface area contributed by atoms with Crippen molar-refractivity contribution in [1.82, 2.24) is 9.78 Å². The van der Waals surface area contributed by atoms with E-state index in [1.165, 1.54) is 0 Å². The molecule has 0 aromatic carbocycles. The number of alkyl halides is 3. The fraction of sp³-hybridized carbons (Fsp3) is 0.667. The standard InChI is InChI=1S/C9H13Cl3N2O/c1-4-14-6(3)7(5(2)13-14)8(15)9(10,11)12/h8,15H,4H2,1-3H3/t8-/m0/s1. The Balaban J connectivity index is 3.20. The van der Waals surface area contributed by atoms with Crippen molar-refractivity contribution in [3.63, 3.8) is 0 Å². The molecule has 0 bridgehead atoms. The molecule has 0 saturated heterocycles. The fourth-order valence-corrected chi connectivity index (χ4v) is 1.91. The van der Waals surface area contributed by atoms with Crippen LogP contribution in [0, 0.1) is 13.8 Å². The van der Waals surface area contributed by atoms with Crippen LogP contribution in [0.25, 0.3) is 0 Å². The zero-order valence-corrected chi connectivity index (χ0v) is 11.0. The molecule has 0 aliphatic carbocycles. The number of aliphatic hydroxyl groups excluding tert-OH is 1. The van der Waals surface area contributed by atoms with E-state index in [0.717, 1.165) is 12.2 Å². The molecule has 15 heavy (non-hydrogen) atoms. The Labute approximate surface area is 104 Å². The third kappa shape index (κ3) is 2.59. The van der Waals surface area contributed by atoms with E-state index in [1.54, 1.807) is 11.6 Å². The van der Waals surface area contributed by atoms with Gasteiger partial charge in [0, 0.05) is 17.8 Å². The van der Waals surface area contributed by atoms with E-state index in [4.69, 9.17) is 34.8 Å². The SMILES string of the molecule is CCn1nc(C)c([C@H](O)C(Cl)(Cl)Cl)c1C. The van der Waals surface area contributed by atoms with E-state index in [1.807, 2.05) is 13.8 Å². The highest BCUT2D eigenvalue weighted by Crippen LogP contribution is 2.41. The van der Waals surface area contributed by atoms with E-state index in [0.29, 0.717) is 11.3 Å². The van der Waals surface area contributed by atoms with Gasteiger partial charge in [0.05, 0.1) is 5.69 Å². The molecule has 86 valence electrons. The first-order valence-corrected chi connectivity index (χ1v) is 5.71. The molecule has 1 N–H and O–H groups in total. The van der Waals surface area contributed by atoms with E-state index < -0.39 is 9.90 Å². The number of rotatable bonds is 2. The van der Waals surface area contributed by atoms with Crippen LogP contribution in [-0.4, -0.2) is 18.7 Å². The minimum Gasteiger partial charge on any atom is -0.384 e. The molecular formula is C9H13Cl3N2O. The van der Waals surface area contributed by atoms with Crippen molar-refractivity contribution < 1.29 is 5.11 Å². The summed E-state index contributed by atoms with van der Waals surface area (Å²) in [6.07, 6.45) is -1.15. The van der Waals surface area contributed by atoms with Gasteiger partial charge in [-0.1, -0.05) is 34.8 Å². The van der Waals surface area contributed by atoms with Crippen molar-refractivity contribution in [3.8, 4) is 0 Å². The minimum atomic E-state index is -1.73. The van der Waals surface area contributed by atoms with Gasteiger partial charge in [-0.15, -0.1) is 0 Å². The number of nitrogens with zero attached hydrogens (tertiary/aromatic N) is 2. The highest BCUT2D eigenvalue weighted by atomic mass is 35.6. The van der Waals surface area contributed by atoms with Crippen molar-refractivity contribution in [3.05, 3.63) is 17.0 Å². The monoisotopic (exact) mass is 270 g/mol. The summed E-state index contributed by atoms with van der Waals surface area (Å²) in [6.45, 7) is 6.32. The predicted octanol–water partition coefficient (Wildman–Crippen LogP) is 2.92. The maximum absolute atomic E-state index is 9.88. The summed E-state index contributed by atoms with van der Waals surface area (Å²) < 4.78 is 0.0431. The lowest BCUT2D eigenvalue weighted by Gasteiger charge is -2.19. The van der Waals surface area contributed by atoms with Crippen LogP contribution < -0.4 is 0 Å². The molecule has 1 aromatic rings. The van der Waals surface area contributed by atoms with E-state index in [9.17, 15) is 5.11 Å². The van der Waals surface area contributed by atoms with Crippen LogP contribution in [-0.2, 0) is 6.54 Å². The lowest BCUT2D eigenvalue weighted by molar-refractivity contribution is 0.181. The highest BCUT2D eigenvalue weighted by Gasteiger charge is 2.35. The van der Waals surface area contributed by atoms with Gasteiger partial charge in [-0.2, -0.15) is 5.10 Å². The van der Waals surface area contributed by atoms with Crippen LogP contribution in [0.4, 0.5) is 0 Å². The first kappa shape index (κ1) is 13.1. The maximum atomic E-state index is 9.88. The average Bonchev–Trinajstić information content (AvgIpc) is 2.39. The van der Waals surface area contributed by atoms with Gasteiger partial charge in [-0.25, -0.2) is 0 Å². The Kier molecular flexibility index (Phi) is 3.93. The number of aromatic nitrogens is 2. The summed E-state index contributed by atoms with van der Waals surface area (Å²) in [5.74, 6) is 0. The van der Waals surface area contributed by atoms with Gasteiger partial charge in [-0.3, -0.25) is 4.68 Å². The van der Waals surface area contributed by atoms with Crippen molar-refractivity contribution in [2.24, 2.45) is 0 Å². The second-order valence-electron chi connectivity index (χ2n) is 3.34. The first-order valence-electron chi connectivity index (χ1n) is 4.57. The van der Waals surface area contributed by atoms with Gasteiger partial charge in [0.15, 0.2) is 0 Å². The number of hydrogen-bond acceptors (Lipinski definition) is 2. The number of halogens is 3. The Morgan fingerprint density at radius 3 is 2.27 bits per heavy atom. The van der Waals surface area contributed by atoms with E-state index in [2.05, 4.69) is 5.10 Å². The Morgan fingerprint density at radius 1 is 1.40 bits per heavy atom. The molecule has 1 aromatic heterocycles. The quantitative estimate of drug-likeness (QED) is 0.840. The summed E-state index contributed by atoms with van der Waals surface area (Å²) in [6, 6.07) is 0. The van der Waals surface area contributed by atoms with E-state index in [-0.39, 0.29) is 0 Å². The largest absolute Gasteiger partial charge is 0.384 e. The van der Waals surface area contributed by atoms with Gasteiger partial charge in [0.2, 0.25) is 3.79 Å². The molecule has 1 heterocycles. The molecule has 0 spiro atoms. The Bertz CT molecular complexity index is 357. The topological polar surface area (TPSA) is 38.0 Å². The second kappa shape index (κ2) is 4.50. The molecular weight excluding hydrogens is 258 g/mol. The third-order valence-electron chi connectivity index (χ3n) is 2.32. The smallest absolute Gasteiger partial charge is 0.220 e. The van der Waals surface area contributed by atoms with Crippen LogP contribution in [0.3, 0.4) is 0 Å². The molecule has 3 nitrogen and oxygen atoms in total. The Morgan fingerprint density at radius 2 is 1.93 bits per heavy atom. The Hall–Kier alpha value is 0.0400. The number of hydrogen-bond donors (Lipinski definition) is 1. The van der Waals surface area contributed by atoms with Crippen molar-refractivity contribution in [1.29, 1.82) is 0 Å². The van der Waals surface area contributed by atoms with Crippen molar-refractivity contribution in [2.45, 2.75) is 37.2 Å². The summed E-state index contributed by atoms with van der Waals surface area (Å²) in [4.78, 5) is 0. The van der Waals surface area contributed by atoms with Crippen LogP contribution >= 0.6 is 34.8 Å². The van der Waals surface area contributed by atoms with Crippen molar-refractivity contribution >= 4 is 34.8 Å². The molecule has 0 aliphatic rings. The van der Waals surface area contributed by atoms with Crippen LogP contribution in [0.5, 0.6) is 0 Å². The molecule has 0 radical (unpaired) electrons. The maximum Gasteiger partial charge on any atom is 0.220 e. The fourth-order valence-electron chi connectivity index (χ4n) is 1.58. The van der Waals surface area contributed by atoms with Crippen LogP contribution in [0.2, 0.25) is 0 Å². The summed E-state index contributed by atoms with van der Waals surface area (Å²) in [7, 11) is 0. The van der Waals surface area contributed by atoms with E-state index >= 15 is 0 Å². The molecule has 1 rings (SSSR count). The highest BCUT2D eigenvalue weighted by molar-refractivity contribution is 6.68. The van der Waals surface area contributed by atoms with Crippen molar-refractivity contribution in [2.75, 3.05) is 0 Å². The van der Waals surface area contributed by atoms with Gasteiger partial charge >= 0.3 is 0 Å². The molecule has 1 atom stereocenters. The number of aliphatic hydroxyl groups is 1. The van der Waals surface area contributed by atoms with Gasteiger partial charge in [-0.05, 0) is 20.8 Å². The zero-order chi connectivity index (χ0) is 11.8. The molecule has 0 unspecified atom stereocenters. The second-order valence-corrected chi connectivity index (χ2v) is 5.71. The van der Waals surface area contributed by atoms with Crippen LogP contribution in [0.1, 0.15) is 30.0 Å². The van der Waals surface area contributed by atoms with Crippen LogP contribution in [0.15, 0.2) is 0 Å². The summed E-state index contributed by atoms with van der Waals surface area (Å²) in [5.41, 5.74) is 2.11. The molecule has 6 heteroatoms. The van der Waals surface area contributed by atoms with Gasteiger partial charge in [0.1, 0.15) is 6.10 Å². The lowest BCUT2D eigenvalue weighted by atomic mass is 10.1. The summed E-state index contributed by atoms with van der Waals surface area (Å²) in [5, 5.41) is 14.1. The first-order chi connectivity index (χ1) is 6.79. The van der Waals surface area contributed by atoms with Gasteiger partial charge < -0.3 is 5.11 Å². The number of aryl methyl sites for hydroxylation is 2. The average molecular weight is 272 g/mol. The zero-order valence-electron chi connectivity index (χ0n) is 8.76. The third-order valence-corrected chi connectivity index (χ3v) is 2.94. The normalized spacial score (nSPS) is 14.3. The predicted molar refractivity (Wildman–Crippen MR) is 62.6 cm³/mol. The minimum absolute atomic E-state index is 0.594.